The molecule has 4 nitrogen and oxygen atoms in total. The Morgan fingerprint density at radius 3 is 2.38 bits per heavy atom. The molecule has 1 saturated carbocycles. The van der Waals surface area contributed by atoms with Crippen molar-refractivity contribution in [2.45, 2.75) is 25.0 Å². The molecule has 1 aliphatic carbocycles. The highest BCUT2D eigenvalue weighted by Gasteiger charge is 2.71. The molecular formula is C15H21NO3S2. The fourth-order valence-corrected chi connectivity index (χ4v) is 5.40. The van der Waals surface area contributed by atoms with Crippen molar-refractivity contribution in [3.63, 3.8) is 0 Å². The fourth-order valence-electron chi connectivity index (χ4n) is 3.09. The van der Waals surface area contributed by atoms with Gasteiger partial charge in [-0.2, -0.15) is 0 Å². The van der Waals surface area contributed by atoms with Crippen LogP contribution in [0.4, 0.5) is 0 Å². The third-order valence-electron chi connectivity index (χ3n) is 4.16. The summed E-state index contributed by atoms with van der Waals surface area (Å²) in [6.07, 6.45) is 1.24. The standard InChI is InChI=1S/C15H21NO3S2/c1-4-19-9-15(14(16)20)12(13(15)21(3,17)18)11-7-5-10(2)6-8-11/h5-8,12-13H,4,9H2,1-3H3,(H2,16,20)/t12-,13-,15-/m0/s1. The molecule has 2 rings (SSSR count). The molecule has 2 N–H and O–H groups in total. The zero-order valence-electron chi connectivity index (χ0n) is 12.5. The van der Waals surface area contributed by atoms with Gasteiger partial charge in [0.1, 0.15) is 0 Å². The number of sulfone groups is 1. The number of thiocarbonyl (C=S) groups is 1. The van der Waals surface area contributed by atoms with E-state index in [0.29, 0.717) is 6.61 Å². The second kappa shape index (κ2) is 5.66. The molecule has 0 aliphatic heterocycles. The van der Waals surface area contributed by atoms with E-state index in [1.807, 2.05) is 38.1 Å². The molecule has 116 valence electrons. The van der Waals surface area contributed by atoms with E-state index in [0.717, 1.165) is 11.1 Å². The number of nitrogens with two attached hydrogens (primary N) is 1. The van der Waals surface area contributed by atoms with Crippen LogP contribution in [0.1, 0.15) is 24.0 Å². The van der Waals surface area contributed by atoms with Gasteiger partial charge >= 0.3 is 0 Å². The quantitative estimate of drug-likeness (QED) is 0.807. The van der Waals surface area contributed by atoms with Gasteiger partial charge in [-0.1, -0.05) is 42.0 Å². The zero-order valence-corrected chi connectivity index (χ0v) is 14.1. The summed E-state index contributed by atoms with van der Waals surface area (Å²) >= 11 is 5.19. The number of ether oxygens (including phenoxy) is 1. The maximum Gasteiger partial charge on any atom is 0.152 e. The van der Waals surface area contributed by atoms with Crippen LogP contribution in [-0.2, 0) is 14.6 Å². The van der Waals surface area contributed by atoms with Crippen LogP contribution < -0.4 is 5.73 Å². The molecule has 6 heteroatoms. The first-order chi connectivity index (χ1) is 9.75. The molecular weight excluding hydrogens is 306 g/mol. The predicted molar refractivity (Wildman–Crippen MR) is 88.3 cm³/mol. The summed E-state index contributed by atoms with van der Waals surface area (Å²) < 4.78 is 29.8. The lowest BCUT2D eigenvalue weighted by atomic mass is 9.99. The molecule has 0 aromatic heterocycles. The largest absolute Gasteiger partial charge is 0.393 e. The van der Waals surface area contributed by atoms with Crippen LogP contribution in [0, 0.1) is 12.3 Å². The van der Waals surface area contributed by atoms with Crippen molar-refractivity contribution in [3.05, 3.63) is 35.4 Å². The van der Waals surface area contributed by atoms with E-state index in [2.05, 4.69) is 0 Å². The van der Waals surface area contributed by atoms with Crippen LogP contribution in [0.25, 0.3) is 0 Å². The molecule has 1 aromatic rings. The fraction of sp³-hybridized carbons (Fsp3) is 0.533. The van der Waals surface area contributed by atoms with Crippen LogP contribution >= 0.6 is 12.2 Å². The lowest BCUT2D eigenvalue weighted by Gasteiger charge is -2.16. The van der Waals surface area contributed by atoms with E-state index in [9.17, 15) is 8.42 Å². The van der Waals surface area contributed by atoms with Crippen molar-refractivity contribution in [1.29, 1.82) is 0 Å². The molecule has 1 aromatic carbocycles. The maximum absolute atomic E-state index is 12.2. The topological polar surface area (TPSA) is 69.4 Å². The van der Waals surface area contributed by atoms with Crippen LogP contribution in [-0.4, -0.2) is 38.1 Å². The molecule has 0 radical (unpaired) electrons. The predicted octanol–water partition coefficient (Wildman–Crippen LogP) is 1.81. The second-order valence-corrected chi connectivity index (χ2v) is 8.29. The van der Waals surface area contributed by atoms with Gasteiger partial charge in [-0.05, 0) is 19.4 Å². The molecule has 0 spiro atoms. The van der Waals surface area contributed by atoms with Crippen LogP contribution in [0.3, 0.4) is 0 Å². The van der Waals surface area contributed by atoms with Crippen molar-refractivity contribution in [2.75, 3.05) is 19.5 Å². The summed E-state index contributed by atoms with van der Waals surface area (Å²) in [5.41, 5.74) is 7.20. The van der Waals surface area contributed by atoms with E-state index in [4.69, 9.17) is 22.7 Å². The first-order valence-corrected chi connectivity index (χ1v) is 9.24. The Labute approximate surface area is 131 Å². The van der Waals surface area contributed by atoms with Crippen molar-refractivity contribution < 1.29 is 13.2 Å². The van der Waals surface area contributed by atoms with Crippen molar-refractivity contribution in [1.82, 2.24) is 0 Å². The van der Waals surface area contributed by atoms with Gasteiger partial charge in [0.2, 0.25) is 0 Å². The second-order valence-electron chi connectivity index (χ2n) is 5.68. The Bertz CT molecular complexity index is 639. The van der Waals surface area contributed by atoms with Crippen LogP contribution in [0.2, 0.25) is 0 Å². The summed E-state index contributed by atoms with van der Waals surface area (Å²) in [7, 11) is -3.27. The van der Waals surface area contributed by atoms with E-state index in [1.165, 1.54) is 6.26 Å². The van der Waals surface area contributed by atoms with Gasteiger partial charge in [0.25, 0.3) is 0 Å². The average molecular weight is 327 g/mol. The van der Waals surface area contributed by atoms with Crippen LogP contribution in [0.5, 0.6) is 0 Å². The minimum Gasteiger partial charge on any atom is -0.393 e. The number of benzene rings is 1. The first-order valence-electron chi connectivity index (χ1n) is 6.88. The molecule has 0 heterocycles. The average Bonchev–Trinajstić information content (AvgIpc) is 3.08. The summed E-state index contributed by atoms with van der Waals surface area (Å²) in [5, 5.41) is -0.600. The third-order valence-corrected chi connectivity index (χ3v) is 6.15. The number of rotatable bonds is 6. The van der Waals surface area contributed by atoms with Gasteiger partial charge in [-0.3, -0.25) is 0 Å². The first kappa shape index (κ1) is 16.4. The molecule has 0 saturated heterocycles. The van der Waals surface area contributed by atoms with Gasteiger partial charge in [-0.25, -0.2) is 8.42 Å². The van der Waals surface area contributed by atoms with E-state index in [1.54, 1.807) is 0 Å². The lowest BCUT2D eigenvalue weighted by molar-refractivity contribution is 0.121. The van der Waals surface area contributed by atoms with Gasteiger partial charge in [-0.15, -0.1) is 0 Å². The van der Waals surface area contributed by atoms with Gasteiger partial charge < -0.3 is 10.5 Å². The maximum atomic E-state index is 12.2. The Balaban J connectivity index is 2.46. The number of hydrogen-bond acceptors (Lipinski definition) is 4. The van der Waals surface area contributed by atoms with Crippen LogP contribution in [0.15, 0.2) is 24.3 Å². The summed E-state index contributed by atoms with van der Waals surface area (Å²) in [5.74, 6) is -0.225. The highest BCUT2D eigenvalue weighted by atomic mass is 32.2. The highest BCUT2D eigenvalue weighted by Crippen LogP contribution is 2.63. The monoisotopic (exact) mass is 327 g/mol. The third kappa shape index (κ3) is 2.84. The van der Waals surface area contributed by atoms with Crippen molar-refractivity contribution in [3.8, 4) is 0 Å². The Morgan fingerprint density at radius 2 is 1.95 bits per heavy atom. The molecule has 3 atom stereocenters. The van der Waals surface area contributed by atoms with Crippen molar-refractivity contribution >= 4 is 27.0 Å². The van der Waals surface area contributed by atoms with Crippen molar-refractivity contribution in [2.24, 2.45) is 11.1 Å². The minimum atomic E-state index is -3.27. The summed E-state index contributed by atoms with van der Waals surface area (Å²) in [6.45, 7) is 4.61. The lowest BCUT2D eigenvalue weighted by Crippen LogP contribution is -2.33. The molecule has 21 heavy (non-hydrogen) atoms. The Hall–Kier alpha value is -0.980. The minimum absolute atomic E-state index is 0.219. The normalized spacial score (nSPS) is 28.3. The highest BCUT2D eigenvalue weighted by molar-refractivity contribution is 7.92. The number of hydrogen-bond donors (Lipinski definition) is 1. The molecule has 0 unspecified atom stereocenters. The van der Waals surface area contributed by atoms with E-state index in [-0.39, 0.29) is 17.5 Å². The Kier molecular flexibility index (Phi) is 4.42. The summed E-state index contributed by atoms with van der Waals surface area (Å²) in [6, 6.07) is 7.84. The smallest absolute Gasteiger partial charge is 0.152 e. The number of aryl methyl sites for hydroxylation is 1. The Morgan fingerprint density at radius 1 is 1.38 bits per heavy atom. The molecule has 0 bridgehead atoms. The molecule has 1 fully saturated rings. The van der Waals surface area contributed by atoms with E-state index < -0.39 is 20.5 Å². The van der Waals surface area contributed by atoms with Gasteiger partial charge in [0.15, 0.2) is 9.84 Å². The van der Waals surface area contributed by atoms with Gasteiger partial charge in [0.05, 0.1) is 22.3 Å². The molecule has 1 aliphatic rings. The van der Waals surface area contributed by atoms with Gasteiger partial charge in [0, 0.05) is 18.8 Å². The SMILES string of the molecule is CCOC[C@]1(C(N)=S)[C@@H](c2ccc(C)cc2)[C@@H]1S(C)(=O)=O. The summed E-state index contributed by atoms with van der Waals surface area (Å²) in [4.78, 5) is 0.219. The zero-order chi connectivity index (χ0) is 15.8. The molecule has 0 amide bonds. The van der Waals surface area contributed by atoms with E-state index >= 15 is 0 Å².